The molecule has 2 aromatic carbocycles. The van der Waals surface area contributed by atoms with E-state index < -0.39 is 16.3 Å². The lowest BCUT2D eigenvalue weighted by atomic mass is 10.2. The predicted octanol–water partition coefficient (Wildman–Crippen LogP) is 3.76. The van der Waals surface area contributed by atoms with Gasteiger partial charge < -0.3 is 9.47 Å². The van der Waals surface area contributed by atoms with Crippen molar-refractivity contribution in [2.24, 2.45) is 0 Å². The topological polar surface area (TPSA) is 86.5 Å². The molecule has 0 radical (unpaired) electrons. The molecule has 0 N–H and O–H groups in total. The predicted molar refractivity (Wildman–Crippen MR) is 125 cm³/mol. The Labute approximate surface area is 197 Å². The highest BCUT2D eigenvalue weighted by Gasteiger charge is 2.22. The van der Waals surface area contributed by atoms with Crippen molar-refractivity contribution < 1.29 is 17.9 Å². The van der Waals surface area contributed by atoms with E-state index in [1.54, 1.807) is 38.5 Å². The molecule has 32 heavy (non-hydrogen) atoms. The molecule has 1 heterocycles. The van der Waals surface area contributed by atoms with Crippen molar-refractivity contribution >= 4 is 33.4 Å². The van der Waals surface area contributed by atoms with Gasteiger partial charge in [0.1, 0.15) is 0 Å². The van der Waals surface area contributed by atoms with E-state index in [0.717, 1.165) is 5.56 Å². The number of benzene rings is 2. The molecule has 0 aliphatic carbocycles. The number of rotatable bonds is 10. The second kappa shape index (κ2) is 10.8. The van der Waals surface area contributed by atoms with Crippen LogP contribution in [0.2, 0.25) is 5.02 Å². The van der Waals surface area contributed by atoms with Gasteiger partial charge in [0.25, 0.3) is 0 Å². The number of thioether (sulfide) groups is 1. The maximum Gasteiger partial charge on any atom is 0.242 e. The highest BCUT2D eigenvalue weighted by molar-refractivity contribution is 7.98. The van der Waals surface area contributed by atoms with E-state index in [4.69, 9.17) is 21.1 Å². The van der Waals surface area contributed by atoms with E-state index in [0.29, 0.717) is 33.9 Å². The fraction of sp³-hybridized carbons (Fsp3) is 0.333. The first-order chi connectivity index (χ1) is 15.3. The maximum atomic E-state index is 12.6. The van der Waals surface area contributed by atoms with E-state index in [9.17, 15) is 8.42 Å². The normalized spacial score (nSPS) is 12.1. The molecule has 1 aromatic heterocycles. The summed E-state index contributed by atoms with van der Waals surface area (Å²) < 4.78 is 39.0. The molecule has 0 amide bonds. The zero-order valence-corrected chi connectivity index (χ0v) is 20.6. The number of aromatic nitrogens is 3. The van der Waals surface area contributed by atoms with E-state index in [1.165, 1.54) is 30.2 Å². The first-order valence-electron chi connectivity index (χ1n) is 9.65. The molecule has 0 fully saturated rings. The van der Waals surface area contributed by atoms with Crippen LogP contribution in [-0.2, 0) is 31.8 Å². The van der Waals surface area contributed by atoms with Crippen LogP contribution in [0.5, 0.6) is 0 Å². The van der Waals surface area contributed by atoms with Crippen LogP contribution in [0.25, 0.3) is 11.4 Å². The van der Waals surface area contributed by atoms with Crippen LogP contribution in [-0.4, -0.2) is 62.1 Å². The van der Waals surface area contributed by atoms with Crippen LogP contribution in [0.4, 0.5) is 0 Å². The quantitative estimate of drug-likeness (QED) is 0.312. The van der Waals surface area contributed by atoms with E-state index in [2.05, 4.69) is 10.2 Å². The number of nitrogens with zero attached hydrogens (tertiary/aromatic N) is 4. The Kier molecular flexibility index (Phi) is 8.32. The molecule has 3 rings (SSSR count). The summed E-state index contributed by atoms with van der Waals surface area (Å²) in [4.78, 5) is 0.178. The zero-order valence-electron chi connectivity index (χ0n) is 18.2. The molecule has 0 unspecified atom stereocenters. The summed E-state index contributed by atoms with van der Waals surface area (Å²) in [6, 6.07) is 14.3. The molecule has 8 nitrogen and oxygen atoms in total. The third-order valence-electron chi connectivity index (χ3n) is 4.70. The minimum Gasteiger partial charge on any atom is -0.354 e. The third kappa shape index (κ3) is 5.69. The van der Waals surface area contributed by atoms with E-state index in [1.807, 2.05) is 28.8 Å². The molecule has 0 aliphatic rings. The molecule has 172 valence electrons. The summed E-state index contributed by atoms with van der Waals surface area (Å²) >= 11 is 7.59. The van der Waals surface area contributed by atoms with Crippen molar-refractivity contribution in [2.75, 3.05) is 28.3 Å². The summed E-state index contributed by atoms with van der Waals surface area (Å²) in [6.45, 7) is 0.331. The Morgan fingerprint density at radius 2 is 1.81 bits per heavy atom. The molecular weight excluding hydrogens is 472 g/mol. The zero-order chi connectivity index (χ0) is 23.3. The van der Waals surface area contributed by atoms with Crippen molar-refractivity contribution in [1.29, 1.82) is 0 Å². The lowest BCUT2D eigenvalue weighted by molar-refractivity contribution is -0.111. The lowest BCUT2D eigenvalue weighted by Crippen LogP contribution is -2.22. The molecule has 0 saturated heterocycles. The van der Waals surface area contributed by atoms with Crippen LogP contribution in [0.3, 0.4) is 0 Å². The molecular formula is C21H25ClN4O4S2. The number of hydrogen-bond donors (Lipinski definition) is 0. The first kappa shape index (κ1) is 24.7. The summed E-state index contributed by atoms with van der Waals surface area (Å²) in [5.41, 5.74) is 1.67. The number of hydrogen-bond acceptors (Lipinski definition) is 7. The first-order valence-corrected chi connectivity index (χ1v) is 12.5. The molecule has 0 atom stereocenters. The largest absolute Gasteiger partial charge is 0.354 e. The Bertz CT molecular complexity index is 1160. The maximum absolute atomic E-state index is 12.6. The fourth-order valence-corrected chi connectivity index (χ4v) is 5.00. The van der Waals surface area contributed by atoms with E-state index in [-0.39, 0.29) is 4.90 Å². The fourth-order valence-electron chi connectivity index (χ4n) is 2.95. The third-order valence-corrected chi connectivity index (χ3v) is 7.79. The second-order valence-electron chi connectivity index (χ2n) is 7.05. The number of methoxy groups -OCH3 is 2. The van der Waals surface area contributed by atoms with Crippen molar-refractivity contribution in [3.63, 3.8) is 0 Å². The molecule has 0 bridgehead atoms. The summed E-state index contributed by atoms with van der Waals surface area (Å²) in [6.07, 6.45) is -0.524. The van der Waals surface area contributed by atoms with Crippen LogP contribution < -0.4 is 0 Å². The van der Waals surface area contributed by atoms with Gasteiger partial charge in [-0.25, -0.2) is 12.7 Å². The Hall–Kier alpha value is -1.95. The van der Waals surface area contributed by atoms with Gasteiger partial charge in [-0.05, 0) is 29.8 Å². The van der Waals surface area contributed by atoms with Crippen LogP contribution in [0.1, 0.15) is 5.56 Å². The van der Waals surface area contributed by atoms with Crippen LogP contribution in [0.15, 0.2) is 58.6 Å². The monoisotopic (exact) mass is 496 g/mol. The molecule has 0 saturated carbocycles. The van der Waals surface area contributed by atoms with Gasteiger partial charge in [0.2, 0.25) is 10.0 Å². The van der Waals surface area contributed by atoms with Crippen molar-refractivity contribution in [3.05, 3.63) is 59.1 Å². The molecule has 0 aliphatic heterocycles. The van der Waals surface area contributed by atoms with Gasteiger partial charge in [-0.1, -0.05) is 47.6 Å². The lowest BCUT2D eigenvalue weighted by Gasteiger charge is -2.17. The van der Waals surface area contributed by atoms with Crippen molar-refractivity contribution in [3.8, 4) is 11.4 Å². The summed E-state index contributed by atoms with van der Waals surface area (Å²) in [5.74, 6) is 1.16. The van der Waals surface area contributed by atoms with Gasteiger partial charge in [0.05, 0.1) is 11.4 Å². The summed E-state index contributed by atoms with van der Waals surface area (Å²) in [5, 5.41) is 10.0. The van der Waals surface area contributed by atoms with Gasteiger partial charge in [-0.3, -0.25) is 4.57 Å². The number of sulfonamides is 1. The minimum atomic E-state index is -3.59. The summed E-state index contributed by atoms with van der Waals surface area (Å²) in [7, 11) is 2.52. The number of ether oxygens (including phenoxy) is 2. The van der Waals surface area contributed by atoms with Crippen molar-refractivity contribution in [1.82, 2.24) is 19.1 Å². The molecule has 0 spiro atoms. The van der Waals surface area contributed by atoms with Crippen LogP contribution >= 0.6 is 23.4 Å². The molecule has 3 aromatic rings. The van der Waals surface area contributed by atoms with Crippen molar-refractivity contribution in [2.45, 2.75) is 28.6 Å². The van der Waals surface area contributed by atoms with Gasteiger partial charge in [0.15, 0.2) is 17.3 Å². The Balaban J connectivity index is 1.99. The van der Waals surface area contributed by atoms with Gasteiger partial charge in [0, 0.05) is 44.7 Å². The highest BCUT2D eigenvalue weighted by atomic mass is 35.5. The van der Waals surface area contributed by atoms with Crippen LogP contribution in [0, 0.1) is 0 Å². The van der Waals surface area contributed by atoms with Gasteiger partial charge in [-0.2, -0.15) is 0 Å². The average molecular weight is 497 g/mol. The minimum absolute atomic E-state index is 0.178. The standard InChI is InChI=1S/C21H25ClN4O4S2/c1-25(2)32(27,28)18-10-6-8-16(12-18)20-23-24-21(26(20)13-19(29-3)30-4)31-14-15-7-5-9-17(22)11-15/h5-12,19H,13-14H2,1-4H3. The Morgan fingerprint density at radius 3 is 2.47 bits per heavy atom. The molecule has 11 heteroatoms. The average Bonchev–Trinajstić information content (AvgIpc) is 3.18. The SMILES string of the molecule is COC(Cn1c(SCc2cccc(Cl)c2)nnc1-c1cccc(S(=O)(=O)N(C)C)c1)OC. The van der Waals surface area contributed by atoms with Gasteiger partial charge >= 0.3 is 0 Å². The second-order valence-corrected chi connectivity index (χ2v) is 10.6. The van der Waals surface area contributed by atoms with Gasteiger partial charge in [-0.15, -0.1) is 10.2 Å². The Morgan fingerprint density at radius 1 is 1.09 bits per heavy atom. The number of halogens is 1. The van der Waals surface area contributed by atoms with E-state index >= 15 is 0 Å². The smallest absolute Gasteiger partial charge is 0.242 e. The highest BCUT2D eigenvalue weighted by Crippen LogP contribution is 2.29.